The molecular weight excluding hydrogens is 468 g/mol. The average Bonchev–Trinajstić information content (AvgIpc) is 3.24. The number of hydrogen-bond donors (Lipinski definition) is 1. The van der Waals surface area contributed by atoms with Gasteiger partial charge in [-0.15, -0.1) is 0 Å². The van der Waals surface area contributed by atoms with Crippen LogP contribution in [0.5, 0.6) is 5.75 Å². The normalized spacial score (nSPS) is 15.1. The maximum absolute atomic E-state index is 13.7. The number of nitrogens with zero attached hydrogens (tertiary/aromatic N) is 2. The zero-order valence-corrected chi connectivity index (χ0v) is 19.8. The van der Waals surface area contributed by atoms with Crippen LogP contribution < -0.4 is 4.74 Å². The van der Waals surface area contributed by atoms with Gasteiger partial charge in [0.15, 0.2) is 12.2 Å². The number of halogens is 1. The summed E-state index contributed by atoms with van der Waals surface area (Å²) in [6.45, 7) is 1.97. The standard InChI is InChI=1S/C27H23ClN2O5/c1-16-6-8-24-20(12-16)22(29-35-24)14-25(31)30-11-10-17-4-2-3-5-19(17)27(30)21-13-18(28)7-9-23(21)34-15-26(32)33/h2-9,12-13,27H,10-11,14-15H2,1H3,(H,32,33). The van der Waals surface area contributed by atoms with E-state index in [0.717, 1.165) is 22.1 Å². The van der Waals surface area contributed by atoms with E-state index in [4.69, 9.17) is 26.0 Å². The molecule has 5 rings (SSSR count). The van der Waals surface area contributed by atoms with Crippen LogP contribution in [0.2, 0.25) is 5.02 Å². The van der Waals surface area contributed by atoms with Crippen molar-refractivity contribution < 1.29 is 24.0 Å². The lowest BCUT2D eigenvalue weighted by Crippen LogP contribution is -2.41. The molecule has 178 valence electrons. The first-order valence-corrected chi connectivity index (χ1v) is 11.6. The summed E-state index contributed by atoms with van der Waals surface area (Å²) in [5.41, 5.74) is 4.99. The second-order valence-electron chi connectivity index (χ2n) is 8.61. The van der Waals surface area contributed by atoms with Crippen LogP contribution in [0.1, 0.15) is 34.0 Å². The van der Waals surface area contributed by atoms with E-state index in [1.807, 2.05) is 49.4 Å². The largest absolute Gasteiger partial charge is 0.482 e. The number of carbonyl (C=O) groups is 2. The Balaban J connectivity index is 1.55. The van der Waals surface area contributed by atoms with Crippen molar-refractivity contribution in [1.82, 2.24) is 10.1 Å². The third kappa shape index (κ3) is 4.59. The van der Waals surface area contributed by atoms with Crippen LogP contribution >= 0.6 is 11.6 Å². The maximum atomic E-state index is 13.7. The Morgan fingerprint density at radius 2 is 1.97 bits per heavy atom. The van der Waals surface area contributed by atoms with E-state index in [1.54, 1.807) is 23.1 Å². The summed E-state index contributed by atoms with van der Waals surface area (Å²) in [4.78, 5) is 26.7. The van der Waals surface area contributed by atoms with E-state index >= 15 is 0 Å². The van der Waals surface area contributed by atoms with Gasteiger partial charge in [-0.1, -0.05) is 52.7 Å². The van der Waals surface area contributed by atoms with Crippen molar-refractivity contribution in [3.63, 3.8) is 0 Å². The number of aryl methyl sites for hydroxylation is 1. The molecule has 2 heterocycles. The molecule has 1 aliphatic heterocycles. The van der Waals surface area contributed by atoms with Gasteiger partial charge >= 0.3 is 5.97 Å². The second kappa shape index (κ2) is 9.43. The van der Waals surface area contributed by atoms with Crippen molar-refractivity contribution in [2.45, 2.75) is 25.8 Å². The molecule has 1 aromatic heterocycles. The highest BCUT2D eigenvalue weighted by Crippen LogP contribution is 2.41. The minimum atomic E-state index is -1.09. The molecule has 1 aliphatic rings. The zero-order valence-electron chi connectivity index (χ0n) is 19.0. The molecule has 35 heavy (non-hydrogen) atoms. The molecule has 1 unspecified atom stereocenters. The first-order chi connectivity index (χ1) is 16.9. The summed E-state index contributed by atoms with van der Waals surface area (Å²) < 4.78 is 11.0. The molecule has 0 bridgehead atoms. The highest BCUT2D eigenvalue weighted by molar-refractivity contribution is 6.30. The van der Waals surface area contributed by atoms with E-state index in [9.17, 15) is 9.59 Å². The molecule has 0 saturated carbocycles. The van der Waals surface area contributed by atoms with Crippen LogP contribution in [-0.4, -0.2) is 40.2 Å². The maximum Gasteiger partial charge on any atom is 0.341 e. The molecule has 0 fully saturated rings. The first kappa shape index (κ1) is 22.9. The smallest absolute Gasteiger partial charge is 0.341 e. The van der Waals surface area contributed by atoms with Gasteiger partial charge in [0.1, 0.15) is 11.4 Å². The number of aliphatic carboxylic acids is 1. The van der Waals surface area contributed by atoms with E-state index < -0.39 is 18.6 Å². The highest BCUT2D eigenvalue weighted by atomic mass is 35.5. The van der Waals surface area contributed by atoms with E-state index in [-0.39, 0.29) is 12.3 Å². The third-order valence-electron chi connectivity index (χ3n) is 6.24. The molecule has 8 heteroatoms. The molecule has 0 saturated heterocycles. The molecule has 7 nitrogen and oxygen atoms in total. The van der Waals surface area contributed by atoms with Gasteiger partial charge in [-0.05, 0) is 54.8 Å². The molecule has 3 aromatic carbocycles. The second-order valence-corrected chi connectivity index (χ2v) is 9.05. The molecular formula is C27H23ClN2O5. The Hall–Kier alpha value is -3.84. The summed E-state index contributed by atoms with van der Waals surface area (Å²) >= 11 is 6.35. The number of carboxylic acids is 1. The van der Waals surface area contributed by atoms with Gasteiger partial charge < -0.3 is 19.3 Å². The van der Waals surface area contributed by atoms with Crippen LogP contribution in [0.15, 0.2) is 65.2 Å². The van der Waals surface area contributed by atoms with Crippen LogP contribution in [-0.2, 0) is 22.4 Å². The lowest BCUT2D eigenvalue weighted by Gasteiger charge is -2.38. The number of aromatic nitrogens is 1. The fourth-order valence-electron chi connectivity index (χ4n) is 4.65. The van der Waals surface area contributed by atoms with Gasteiger partial charge in [-0.2, -0.15) is 0 Å². The molecule has 4 aromatic rings. The summed E-state index contributed by atoms with van der Waals surface area (Å²) in [5, 5.41) is 14.6. The lowest BCUT2D eigenvalue weighted by atomic mass is 9.87. The first-order valence-electron chi connectivity index (χ1n) is 11.3. The Morgan fingerprint density at radius 1 is 1.14 bits per heavy atom. The number of fused-ring (bicyclic) bond motifs is 2. The van der Waals surface area contributed by atoms with E-state index in [0.29, 0.717) is 40.6 Å². The Kier molecular flexibility index (Phi) is 6.17. The van der Waals surface area contributed by atoms with Crippen LogP contribution in [0.25, 0.3) is 11.0 Å². The van der Waals surface area contributed by atoms with E-state index in [2.05, 4.69) is 5.16 Å². The Morgan fingerprint density at radius 3 is 2.80 bits per heavy atom. The molecule has 1 N–H and O–H groups in total. The van der Waals surface area contributed by atoms with Crippen LogP contribution in [0.4, 0.5) is 0 Å². The monoisotopic (exact) mass is 490 g/mol. The van der Waals surface area contributed by atoms with Gasteiger partial charge in [0.25, 0.3) is 0 Å². The quantitative estimate of drug-likeness (QED) is 0.410. The summed E-state index contributed by atoms with van der Waals surface area (Å²) in [7, 11) is 0. The minimum Gasteiger partial charge on any atom is -0.482 e. The molecule has 0 aliphatic carbocycles. The van der Waals surface area contributed by atoms with Crippen molar-refractivity contribution in [3.05, 3.63) is 93.6 Å². The number of rotatable bonds is 6. The number of carbonyl (C=O) groups excluding carboxylic acids is 1. The number of benzene rings is 3. The molecule has 1 atom stereocenters. The van der Waals surface area contributed by atoms with Crippen molar-refractivity contribution in [2.75, 3.05) is 13.2 Å². The molecule has 0 radical (unpaired) electrons. The van der Waals surface area contributed by atoms with Crippen LogP contribution in [0.3, 0.4) is 0 Å². The van der Waals surface area contributed by atoms with Crippen molar-refractivity contribution >= 4 is 34.4 Å². The van der Waals surface area contributed by atoms with Gasteiger partial charge in [0.2, 0.25) is 5.91 Å². The predicted molar refractivity (Wildman–Crippen MR) is 131 cm³/mol. The van der Waals surface area contributed by atoms with Crippen molar-refractivity contribution in [3.8, 4) is 5.75 Å². The summed E-state index contributed by atoms with van der Waals surface area (Å²) in [5.74, 6) is -0.833. The molecule has 0 spiro atoms. The highest BCUT2D eigenvalue weighted by Gasteiger charge is 2.34. The Bertz CT molecular complexity index is 1430. The van der Waals surface area contributed by atoms with E-state index in [1.165, 1.54) is 0 Å². The summed E-state index contributed by atoms with van der Waals surface area (Å²) in [6.07, 6.45) is 0.768. The van der Waals surface area contributed by atoms with Crippen molar-refractivity contribution in [1.29, 1.82) is 0 Å². The fourth-order valence-corrected chi connectivity index (χ4v) is 4.83. The predicted octanol–water partition coefficient (Wildman–Crippen LogP) is 4.97. The van der Waals surface area contributed by atoms with Crippen molar-refractivity contribution in [2.24, 2.45) is 0 Å². The topological polar surface area (TPSA) is 92.9 Å². The van der Waals surface area contributed by atoms with Gasteiger partial charge in [0, 0.05) is 22.5 Å². The Labute approximate surface area is 206 Å². The third-order valence-corrected chi connectivity index (χ3v) is 6.48. The SMILES string of the molecule is Cc1ccc2onc(CC(=O)N3CCc4ccccc4C3c3cc(Cl)ccc3OCC(=O)O)c2c1. The zero-order chi connectivity index (χ0) is 24.5. The lowest BCUT2D eigenvalue weighted by molar-refractivity contribution is -0.139. The number of ether oxygens (including phenoxy) is 1. The summed E-state index contributed by atoms with van der Waals surface area (Å²) in [6, 6.07) is 18.2. The minimum absolute atomic E-state index is 0.0704. The van der Waals surface area contributed by atoms with Gasteiger partial charge in [-0.3, -0.25) is 4.79 Å². The van der Waals surface area contributed by atoms with Crippen LogP contribution in [0, 0.1) is 6.92 Å². The number of amides is 1. The number of carboxylic acid groups (broad SMARTS) is 1. The molecule has 1 amide bonds. The number of hydrogen-bond acceptors (Lipinski definition) is 5. The average molecular weight is 491 g/mol. The fraction of sp³-hybridized carbons (Fsp3) is 0.222. The van der Waals surface area contributed by atoms with Gasteiger partial charge in [-0.25, -0.2) is 4.79 Å². The van der Waals surface area contributed by atoms with Gasteiger partial charge in [0.05, 0.1) is 12.5 Å².